The molecule has 1 amide bonds. The highest BCUT2D eigenvalue weighted by Gasteiger charge is 2.44. The Morgan fingerprint density at radius 2 is 1.69 bits per heavy atom. The average molecular weight is 556 g/mol. The van der Waals surface area contributed by atoms with Gasteiger partial charge in [-0.2, -0.15) is 0 Å². The van der Waals surface area contributed by atoms with Crippen molar-refractivity contribution in [3.63, 3.8) is 0 Å². The first-order valence-corrected chi connectivity index (χ1v) is 14.9. The number of amides is 1. The number of aromatic nitrogens is 2. The number of para-hydroxylation sites is 1. The lowest BCUT2D eigenvalue weighted by Crippen LogP contribution is -2.40. The van der Waals surface area contributed by atoms with Crippen molar-refractivity contribution < 1.29 is 4.79 Å². The monoisotopic (exact) mass is 555 g/mol. The number of hydrogen-bond donors (Lipinski definition) is 1. The second kappa shape index (κ2) is 11.0. The fourth-order valence-corrected chi connectivity index (χ4v) is 7.12. The molecule has 1 N–H and O–H groups in total. The fraction of sp³-hybridized carbons (Fsp3) is 0.281. The molecule has 1 spiro atoms. The molecular formula is C32H30ClN3O2S. The smallest absolute Gasteiger partial charge is 0.258 e. The van der Waals surface area contributed by atoms with Crippen molar-refractivity contribution in [1.29, 1.82) is 0 Å². The maximum absolute atomic E-state index is 14.4. The standard InChI is InChI=1S/C32H30ClN3O2S/c33-25-14-6-7-15-26(25)34-27(37)21-39-31-35-29-24-13-5-4-12-23(24)20-32(17-8-9-18-32)28(29)30(38)36(31)19-16-22-10-2-1-3-11-22/h1-7,10-15H,8-9,16-21H2,(H,34,37). The summed E-state index contributed by atoms with van der Waals surface area (Å²) in [6.07, 6.45) is 5.88. The molecule has 0 unspecified atom stereocenters. The minimum atomic E-state index is -0.192. The third-order valence-corrected chi connectivity index (χ3v) is 9.28. The van der Waals surface area contributed by atoms with Crippen LogP contribution in [0.25, 0.3) is 11.3 Å². The van der Waals surface area contributed by atoms with E-state index in [1.54, 1.807) is 12.1 Å². The van der Waals surface area contributed by atoms with Gasteiger partial charge in [0.15, 0.2) is 5.16 Å². The van der Waals surface area contributed by atoms with Crippen LogP contribution < -0.4 is 10.9 Å². The zero-order valence-corrected chi connectivity index (χ0v) is 23.2. The van der Waals surface area contributed by atoms with E-state index in [9.17, 15) is 9.59 Å². The molecule has 0 saturated heterocycles. The van der Waals surface area contributed by atoms with Crippen molar-refractivity contribution in [2.75, 3.05) is 11.1 Å². The molecule has 1 heterocycles. The van der Waals surface area contributed by atoms with Crippen molar-refractivity contribution in [3.05, 3.63) is 111 Å². The normalized spacial score (nSPS) is 15.1. The van der Waals surface area contributed by atoms with E-state index in [-0.39, 0.29) is 22.6 Å². The number of anilines is 1. The molecule has 0 atom stereocenters. The van der Waals surface area contributed by atoms with Crippen LogP contribution in [0.5, 0.6) is 0 Å². The second-order valence-corrected chi connectivity index (χ2v) is 11.8. The molecule has 0 bridgehead atoms. The molecule has 198 valence electrons. The van der Waals surface area contributed by atoms with Crippen molar-refractivity contribution in [2.24, 2.45) is 0 Å². The van der Waals surface area contributed by atoms with E-state index in [0.29, 0.717) is 28.8 Å². The molecular weight excluding hydrogens is 526 g/mol. The lowest BCUT2D eigenvalue weighted by Gasteiger charge is -2.36. The Morgan fingerprint density at radius 1 is 0.974 bits per heavy atom. The van der Waals surface area contributed by atoms with Gasteiger partial charge in [-0.05, 0) is 48.9 Å². The molecule has 2 aliphatic carbocycles. The summed E-state index contributed by atoms with van der Waals surface area (Å²) < 4.78 is 1.81. The molecule has 1 aromatic heterocycles. The number of rotatable bonds is 7. The van der Waals surface area contributed by atoms with E-state index >= 15 is 0 Å². The summed E-state index contributed by atoms with van der Waals surface area (Å²) in [4.78, 5) is 32.5. The van der Waals surface area contributed by atoms with Crippen molar-refractivity contribution in [3.8, 4) is 11.3 Å². The van der Waals surface area contributed by atoms with Gasteiger partial charge in [-0.25, -0.2) is 4.98 Å². The van der Waals surface area contributed by atoms with Gasteiger partial charge in [0.2, 0.25) is 5.91 Å². The topological polar surface area (TPSA) is 64.0 Å². The quantitative estimate of drug-likeness (QED) is 0.199. The fourth-order valence-electron chi connectivity index (χ4n) is 6.12. The molecule has 2 aliphatic rings. The van der Waals surface area contributed by atoms with Crippen molar-refractivity contribution >= 4 is 35.0 Å². The number of benzene rings is 3. The highest BCUT2D eigenvalue weighted by molar-refractivity contribution is 7.99. The number of nitrogens with zero attached hydrogens (tertiary/aromatic N) is 2. The first-order valence-electron chi connectivity index (χ1n) is 13.5. The molecule has 39 heavy (non-hydrogen) atoms. The number of halogens is 1. The van der Waals surface area contributed by atoms with Gasteiger partial charge in [-0.15, -0.1) is 0 Å². The first kappa shape index (κ1) is 25.9. The Bertz CT molecular complexity index is 1580. The number of hydrogen-bond acceptors (Lipinski definition) is 4. The van der Waals surface area contributed by atoms with Crippen LogP contribution in [-0.2, 0) is 29.6 Å². The van der Waals surface area contributed by atoms with Crippen LogP contribution in [0, 0.1) is 0 Å². The summed E-state index contributed by atoms with van der Waals surface area (Å²) >= 11 is 7.54. The van der Waals surface area contributed by atoms with E-state index in [2.05, 4.69) is 35.6 Å². The Labute approximate surface area is 237 Å². The minimum Gasteiger partial charge on any atom is -0.324 e. The molecule has 1 saturated carbocycles. The zero-order valence-electron chi connectivity index (χ0n) is 21.7. The number of nitrogens with one attached hydrogen (secondary N) is 1. The second-order valence-electron chi connectivity index (χ2n) is 10.4. The van der Waals surface area contributed by atoms with E-state index in [1.807, 2.05) is 41.0 Å². The Morgan fingerprint density at radius 3 is 2.49 bits per heavy atom. The van der Waals surface area contributed by atoms with Crippen LogP contribution in [0.4, 0.5) is 5.69 Å². The predicted molar refractivity (Wildman–Crippen MR) is 159 cm³/mol. The maximum Gasteiger partial charge on any atom is 0.258 e. The van der Waals surface area contributed by atoms with E-state index in [4.69, 9.17) is 16.6 Å². The van der Waals surface area contributed by atoms with Crippen LogP contribution in [0.1, 0.15) is 42.4 Å². The highest BCUT2D eigenvalue weighted by atomic mass is 35.5. The number of fused-ring (bicyclic) bond motifs is 4. The zero-order chi connectivity index (χ0) is 26.8. The SMILES string of the molecule is O=C(CSc1nc2c(c(=O)n1CCc1ccccc1)C1(CCCC1)Cc1ccccc1-2)Nc1ccccc1Cl. The minimum absolute atomic E-state index is 0.0429. The van der Waals surface area contributed by atoms with Crippen molar-refractivity contribution in [2.45, 2.75) is 55.6 Å². The highest BCUT2D eigenvalue weighted by Crippen LogP contribution is 2.50. The molecule has 4 aromatic rings. The molecule has 1 fully saturated rings. The van der Waals surface area contributed by atoms with Crippen LogP contribution in [-0.4, -0.2) is 21.2 Å². The van der Waals surface area contributed by atoms with Gasteiger partial charge < -0.3 is 5.32 Å². The molecule has 5 nitrogen and oxygen atoms in total. The summed E-state index contributed by atoms with van der Waals surface area (Å²) in [7, 11) is 0. The Balaban J connectivity index is 1.39. The summed E-state index contributed by atoms with van der Waals surface area (Å²) in [5.41, 5.74) is 5.59. The molecule has 0 aliphatic heterocycles. The summed E-state index contributed by atoms with van der Waals surface area (Å²) in [6.45, 7) is 0.509. The lowest BCUT2D eigenvalue weighted by atomic mass is 9.68. The van der Waals surface area contributed by atoms with Gasteiger partial charge >= 0.3 is 0 Å². The Kier molecular flexibility index (Phi) is 7.32. The van der Waals surface area contributed by atoms with Gasteiger partial charge in [0.1, 0.15) is 0 Å². The van der Waals surface area contributed by atoms with E-state index < -0.39 is 0 Å². The third kappa shape index (κ3) is 5.15. The molecule has 3 aromatic carbocycles. The van der Waals surface area contributed by atoms with Gasteiger partial charge in [0.25, 0.3) is 5.56 Å². The first-order chi connectivity index (χ1) is 19.0. The third-order valence-electron chi connectivity index (χ3n) is 7.97. The number of thioether (sulfide) groups is 1. The predicted octanol–water partition coefficient (Wildman–Crippen LogP) is 6.91. The molecule has 7 heteroatoms. The lowest BCUT2D eigenvalue weighted by molar-refractivity contribution is -0.113. The van der Waals surface area contributed by atoms with Crippen LogP contribution in [0.3, 0.4) is 0 Å². The summed E-state index contributed by atoms with van der Waals surface area (Å²) in [5, 5.41) is 3.95. The summed E-state index contributed by atoms with van der Waals surface area (Å²) in [5.74, 6) is -0.0727. The van der Waals surface area contributed by atoms with Crippen LogP contribution in [0.2, 0.25) is 5.02 Å². The van der Waals surface area contributed by atoms with Gasteiger partial charge in [-0.1, -0.05) is 103 Å². The molecule has 0 radical (unpaired) electrons. The van der Waals surface area contributed by atoms with Crippen LogP contribution >= 0.6 is 23.4 Å². The van der Waals surface area contributed by atoms with Gasteiger partial charge in [-0.3, -0.25) is 14.2 Å². The Hall–Kier alpha value is -3.35. The number of carbonyl (C=O) groups is 1. The van der Waals surface area contributed by atoms with E-state index in [0.717, 1.165) is 54.5 Å². The number of carbonyl (C=O) groups excluding carboxylic acids is 1. The van der Waals surface area contributed by atoms with Gasteiger partial charge in [0, 0.05) is 17.5 Å². The van der Waals surface area contributed by atoms with Crippen LogP contribution in [0.15, 0.2) is 88.8 Å². The maximum atomic E-state index is 14.4. The van der Waals surface area contributed by atoms with Gasteiger partial charge in [0.05, 0.1) is 27.7 Å². The van der Waals surface area contributed by atoms with Crippen molar-refractivity contribution in [1.82, 2.24) is 9.55 Å². The number of aryl methyl sites for hydroxylation is 1. The van der Waals surface area contributed by atoms with E-state index in [1.165, 1.54) is 17.3 Å². The summed E-state index contributed by atoms with van der Waals surface area (Å²) in [6, 6.07) is 25.7. The largest absolute Gasteiger partial charge is 0.324 e. The molecule has 6 rings (SSSR count). The average Bonchev–Trinajstić information content (AvgIpc) is 3.41.